The van der Waals surface area contributed by atoms with Crippen LogP contribution >= 0.6 is 0 Å². The van der Waals surface area contributed by atoms with Gasteiger partial charge in [0, 0.05) is 40.3 Å². The van der Waals surface area contributed by atoms with Crippen molar-refractivity contribution in [3.05, 3.63) is 23.8 Å². The van der Waals surface area contributed by atoms with Crippen molar-refractivity contribution in [2.24, 2.45) is 0 Å². The van der Waals surface area contributed by atoms with Gasteiger partial charge in [-0.1, -0.05) is 0 Å². The number of amides is 1. The summed E-state index contributed by atoms with van der Waals surface area (Å²) in [5.41, 5.74) is 0.650. The summed E-state index contributed by atoms with van der Waals surface area (Å²) in [5, 5.41) is 0. The Labute approximate surface area is 195 Å². The van der Waals surface area contributed by atoms with E-state index in [2.05, 4.69) is 0 Å². The van der Waals surface area contributed by atoms with Gasteiger partial charge in [0.1, 0.15) is 0 Å². The monoisotopic (exact) mass is 483 g/mol. The van der Waals surface area contributed by atoms with Crippen LogP contribution in [-0.4, -0.2) is 101 Å². The molecule has 0 radical (unpaired) electrons. The molecule has 10 nitrogen and oxygen atoms in total. The first-order valence-corrected chi connectivity index (χ1v) is 12.5. The molecule has 0 aromatic heterocycles. The van der Waals surface area contributed by atoms with Crippen molar-refractivity contribution < 1.29 is 32.2 Å². The minimum Gasteiger partial charge on any atom is -0.449 e. The van der Waals surface area contributed by atoms with Gasteiger partial charge in [0.15, 0.2) is 6.10 Å². The fraction of sp³-hybridized carbons (Fsp3) is 0.636. The lowest BCUT2D eigenvalue weighted by atomic mass is 10.1. The highest BCUT2D eigenvalue weighted by Crippen LogP contribution is 2.27. The quantitative estimate of drug-likeness (QED) is 0.551. The predicted octanol–water partition coefficient (Wildman–Crippen LogP) is 0.955. The molecule has 1 amide bonds. The second kappa shape index (κ2) is 10.4. The lowest BCUT2D eigenvalue weighted by Gasteiger charge is -2.36. The number of nitrogens with zero attached hydrogens (tertiary/aromatic N) is 3. The van der Waals surface area contributed by atoms with Crippen LogP contribution in [0.3, 0.4) is 0 Å². The molecule has 2 saturated heterocycles. The molecular formula is C22H33N3O7S. The number of anilines is 1. The van der Waals surface area contributed by atoms with Crippen LogP contribution in [-0.2, 0) is 29.0 Å². The van der Waals surface area contributed by atoms with Crippen molar-refractivity contribution in [3.8, 4) is 0 Å². The van der Waals surface area contributed by atoms with Crippen LogP contribution in [0.1, 0.15) is 31.1 Å². The van der Waals surface area contributed by atoms with Gasteiger partial charge in [-0.3, -0.25) is 4.79 Å². The molecule has 2 aliphatic rings. The molecule has 33 heavy (non-hydrogen) atoms. The van der Waals surface area contributed by atoms with E-state index in [9.17, 15) is 18.0 Å². The van der Waals surface area contributed by atoms with Crippen LogP contribution in [0.2, 0.25) is 0 Å². The van der Waals surface area contributed by atoms with Gasteiger partial charge in [-0.2, -0.15) is 0 Å². The molecule has 3 atom stereocenters. The third-order valence-electron chi connectivity index (χ3n) is 5.68. The molecule has 1 aromatic rings. The number of hydrogen-bond acceptors (Lipinski definition) is 8. The Bertz CT molecular complexity index is 966. The SMILES string of the molecule is CC1CN(C(=O)C(C)OC(=O)c2cc(S(=O)(=O)N(C)C)ccc2N2CCOCC2)CC(C)O1. The number of esters is 1. The van der Waals surface area contributed by atoms with Crippen LogP contribution in [0.4, 0.5) is 5.69 Å². The van der Waals surface area contributed by atoms with Crippen molar-refractivity contribution >= 4 is 27.6 Å². The van der Waals surface area contributed by atoms with Gasteiger partial charge in [0.25, 0.3) is 5.91 Å². The molecule has 11 heteroatoms. The second-order valence-corrected chi connectivity index (χ2v) is 10.8. The largest absolute Gasteiger partial charge is 0.449 e. The van der Waals surface area contributed by atoms with E-state index in [0.717, 1.165) is 4.31 Å². The summed E-state index contributed by atoms with van der Waals surface area (Å²) in [6.45, 7) is 8.23. The summed E-state index contributed by atoms with van der Waals surface area (Å²) in [6, 6.07) is 4.40. The van der Waals surface area contributed by atoms with Crippen LogP contribution in [0, 0.1) is 0 Å². The summed E-state index contributed by atoms with van der Waals surface area (Å²) in [5.74, 6) is -1.06. The summed E-state index contributed by atoms with van der Waals surface area (Å²) in [6.07, 6.45) is -1.25. The molecule has 0 bridgehead atoms. The summed E-state index contributed by atoms with van der Waals surface area (Å²) >= 11 is 0. The fourth-order valence-corrected chi connectivity index (χ4v) is 4.95. The zero-order chi connectivity index (χ0) is 24.3. The molecule has 2 heterocycles. The molecule has 184 valence electrons. The standard InChI is InChI=1S/C22H33N3O7S/c1-15-13-25(14-16(2)31-15)21(26)17(3)32-22(27)19-12-18(33(28,29)23(4)5)6-7-20(19)24-8-10-30-11-9-24/h6-7,12,15-17H,8-11,13-14H2,1-5H3. The zero-order valence-electron chi connectivity index (χ0n) is 19.8. The fourth-order valence-electron chi connectivity index (χ4n) is 4.02. The van der Waals surface area contributed by atoms with Crippen molar-refractivity contribution in [2.75, 3.05) is 58.4 Å². The average Bonchev–Trinajstić information content (AvgIpc) is 2.77. The Morgan fingerprint density at radius 2 is 1.73 bits per heavy atom. The molecule has 0 spiro atoms. The number of hydrogen-bond donors (Lipinski definition) is 0. The molecule has 3 unspecified atom stereocenters. The Morgan fingerprint density at radius 3 is 2.30 bits per heavy atom. The van der Waals surface area contributed by atoms with Crippen LogP contribution in [0.5, 0.6) is 0 Å². The molecular weight excluding hydrogens is 450 g/mol. The Kier molecular flexibility index (Phi) is 7.99. The second-order valence-electron chi connectivity index (χ2n) is 8.61. The average molecular weight is 484 g/mol. The van der Waals surface area contributed by atoms with Gasteiger partial charge in [-0.15, -0.1) is 0 Å². The number of sulfonamides is 1. The maximum absolute atomic E-state index is 13.2. The molecule has 1 aromatic carbocycles. The van der Waals surface area contributed by atoms with Gasteiger partial charge in [-0.25, -0.2) is 17.5 Å². The minimum absolute atomic E-state index is 0.0220. The highest BCUT2D eigenvalue weighted by molar-refractivity contribution is 7.89. The maximum atomic E-state index is 13.2. The number of rotatable bonds is 6. The van der Waals surface area contributed by atoms with Gasteiger partial charge < -0.3 is 24.0 Å². The third-order valence-corrected chi connectivity index (χ3v) is 7.49. The molecule has 3 rings (SSSR count). The first-order chi connectivity index (χ1) is 15.5. The van der Waals surface area contributed by atoms with Gasteiger partial charge >= 0.3 is 5.97 Å². The van der Waals surface area contributed by atoms with E-state index in [1.807, 2.05) is 18.7 Å². The first kappa shape index (κ1) is 25.4. The topological polar surface area (TPSA) is 106 Å². The lowest BCUT2D eigenvalue weighted by molar-refractivity contribution is -0.151. The number of benzene rings is 1. The minimum atomic E-state index is -3.76. The van der Waals surface area contributed by atoms with E-state index in [1.165, 1.54) is 33.2 Å². The maximum Gasteiger partial charge on any atom is 0.341 e. The first-order valence-electron chi connectivity index (χ1n) is 11.0. The molecule has 2 fully saturated rings. The highest BCUT2D eigenvalue weighted by Gasteiger charge is 2.32. The van der Waals surface area contributed by atoms with Gasteiger partial charge in [-0.05, 0) is 39.0 Å². The molecule has 0 N–H and O–H groups in total. The molecule has 2 aliphatic heterocycles. The summed E-state index contributed by atoms with van der Waals surface area (Å²) < 4.78 is 43.0. The van der Waals surface area contributed by atoms with Crippen LogP contribution < -0.4 is 4.90 Å². The van der Waals surface area contributed by atoms with E-state index in [0.29, 0.717) is 45.1 Å². The Balaban J connectivity index is 1.86. The normalized spacial score (nSPS) is 22.8. The van der Waals surface area contributed by atoms with Crippen LogP contribution in [0.25, 0.3) is 0 Å². The number of carbonyl (C=O) groups is 2. The molecule has 0 aliphatic carbocycles. The van der Waals surface area contributed by atoms with Gasteiger partial charge in [0.05, 0.1) is 41.6 Å². The van der Waals surface area contributed by atoms with Crippen molar-refractivity contribution in [1.29, 1.82) is 0 Å². The smallest absolute Gasteiger partial charge is 0.341 e. The molecule has 0 saturated carbocycles. The number of carbonyl (C=O) groups excluding carboxylic acids is 2. The van der Waals surface area contributed by atoms with Crippen molar-refractivity contribution in [1.82, 2.24) is 9.21 Å². The summed E-state index contributed by atoms with van der Waals surface area (Å²) in [4.78, 5) is 29.7. The van der Waals surface area contributed by atoms with E-state index in [-0.39, 0.29) is 28.6 Å². The van der Waals surface area contributed by atoms with E-state index in [4.69, 9.17) is 14.2 Å². The number of ether oxygens (including phenoxy) is 3. The van der Waals surface area contributed by atoms with Gasteiger partial charge in [0.2, 0.25) is 10.0 Å². The van der Waals surface area contributed by atoms with E-state index in [1.54, 1.807) is 11.0 Å². The van der Waals surface area contributed by atoms with Crippen molar-refractivity contribution in [3.63, 3.8) is 0 Å². The lowest BCUT2D eigenvalue weighted by Crippen LogP contribution is -2.51. The van der Waals surface area contributed by atoms with Crippen LogP contribution in [0.15, 0.2) is 23.1 Å². The number of morpholine rings is 2. The Morgan fingerprint density at radius 1 is 1.12 bits per heavy atom. The Hall–Kier alpha value is -2.21. The zero-order valence-corrected chi connectivity index (χ0v) is 20.6. The third kappa shape index (κ3) is 5.84. The van der Waals surface area contributed by atoms with Crippen molar-refractivity contribution in [2.45, 2.75) is 44.0 Å². The predicted molar refractivity (Wildman–Crippen MR) is 122 cm³/mol. The summed E-state index contributed by atoms with van der Waals surface area (Å²) in [7, 11) is -0.912. The highest BCUT2D eigenvalue weighted by atomic mass is 32.2. The van der Waals surface area contributed by atoms with E-state index < -0.39 is 22.1 Å². The van der Waals surface area contributed by atoms with E-state index >= 15 is 0 Å².